The highest BCUT2D eigenvalue weighted by Gasteiger charge is 2.18. The summed E-state index contributed by atoms with van der Waals surface area (Å²) in [7, 11) is 0. The molecule has 0 spiro atoms. The molecule has 1 aromatic rings. The normalized spacial score (nSPS) is 17.6. The van der Waals surface area contributed by atoms with Gasteiger partial charge in [0.2, 0.25) is 0 Å². The van der Waals surface area contributed by atoms with Crippen LogP contribution in [0.15, 0.2) is 22.7 Å². The molecular formula is C15H24BrN3. The van der Waals surface area contributed by atoms with Crippen molar-refractivity contribution in [3.63, 3.8) is 0 Å². The number of hydrogen-bond donors (Lipinski definition) is 2. The molecule has 0 aromatic heterocycles. The van der Waals surface area contributed by atoms with E-state index in [-0.39, 0.29) is 0 Å². The third kappa shape index (κ3) is 4.48. The largest absolute Gasteiger partial charge is 0.385 e. The number of nitrogens with one attached hydrogen (secondary N) is 1. The van der Waals surface area contributed by atoms with Crippen molar-refractivity contribution in [1.29, 1.82) is 0 Å². The fourth-order valence-corrected chi connectivity index (χ4v) is 3.15. The maximum Gasteiger partial charge on any atom is 0.0370 e. The van der Waals surface area contributed by atoms with Crippen LogP contribution >= 0.6 is 15.9 Å². The topological polar surface area (TPSA) is 41.3 Å². The molecule has 4 heteroatoms. The molecule has 0 radical (unpaired) electrons. The Hall–Kier alpha value is -0.580. The molecule has 19 heavy (non-hydrogen) atoms. The number of nitrogens with zero attached hydrogens (tertiary/aromatic N) is 1. The first-order chi connectivity index (χ1) is 9.19. The molecule has 106 valence electrons. The summed E-state index contributed by atoms with van der Waals surface area (Å²) < 4.78 is 1.14. The quantitative estimate of drug-likeness (QED) is 0.874. The zero-order valence-electron chi connectivity index (χ0n) is 11.7. The Bertz CT molecular complexity index is 400. The standard InChI is InChI=1S/C15H24BrN3/c1-12-10-14(16)2-3-15(12)18-11-13-4-7-19(8-5-13)9-6-17/h2-3,10,13,18H,4-9,11,17H2,1H3. The van der Waals surface area contributed by atoms with Crippen molar-refractivity contribution < 1.29 is 0 Å². The van der Waals surface area contributed by atoms with E-state index in [0.29, 0.717) is 0 Å². The van der Waals surface area contributed by atoms with Crippen LogP contribution in [0, 0.1) is 12.8 Å². The van der Waals surface area contributed by atoms with E-state index >= 15 is 0 Å². The van der Waals surface area contributed by atoms with Gasteiger partial charge in [-0.3, -0.25) is 0 Å². The number of likely N-dealkylation sites (tertiary alicyclic amines) is 1. The van der Waals surface area contributed by atoms with Crippen molar-refractivity contribution in [2.24, 2.45) is 11.7 Å². The van der Waals surface area contributed by atoms with E-state index in [1.165, 1.54) is 37.2 Å². The Morgan fingerprint density at radius 1 is 1.37 bits per heavy atom. The number of anilines is 1. The van der Waals surface area contributed by atoms with Crippen LogP contribution in [0.5, 0.6) is 0 Å². The fourth-order valence-electron chi connectivity index (χ4n) is 2.68. The SMILES string of the molecule is Cc1cc(Br)ccc1NCC1CCN(CCN)CC1. The lowest BCUT2D eigenvalue weighted by molar-refractivity contribution is 0.194. The van der Waals surface area contributed by atoms with Crippen molar-refractivity contribution >= 4 is 21.6 Å². The van der Waals surface area contributed by atoms with Gasteiger partial charge in [0.1, 0.15) is 0 Å². The van der Waals surface area contributed by atoms with Crippen LogP contribution in [0.3, 0.4) is 0 Å². The molecule has 1 aliphatic heterocycles. The van der Waals surface area contributed by atoms with Gasteiger partial charge in [0.05, 0.1) is 0 Å². The van der Waals surface area contributed by atoms with Crippen LogP contribution in [0.2, 0.25) is 0 Å². The van der Waals surface area contributed by atoms with Crippen molar-refractivity contribution in [3.05, 3.63) is 28.2 Å². The molecule has 0 unspecified atom stereocenters. The van der Waals surface area contributed by atoms with Crippen LogP contribution in [-0.2, 0) is 0 Å². The first-order valence-electron chi connectivity index (χ1n) is 7.11. The molecule has 0 aliphatic carbocycles. The molecule has 0 bridgehead atoms. The van der Waals surface area contributed by atoms with Gasteiger partial charge in [-0.1, -0.05) is 15.9 Å². The van der Waals surface area contributed by atoms with E-state index in [4.69, 9.17) is 5.73 Å². The summed E-state index contributed by atoms with van der Waals surface area (Å²) >= 11 is 3.50. The molecule has 1 aliphatic rings. The highest BCUT2D eigenvalue weighted by atomic mass is 79.9. The summed E-state index contributed by atoms with van der Waals surface area (Å²) in [6, 6.07) is 6.41. The lowest BCUT2D eigenvalue weighted by Gasteiger charge is -2.31. The molecule has 1 fully saturated rings. The van der Waals surface area contributed by atoms with Crippen LogP contribution < -0.4 is 11.1 Å². The fraction of sp³-hybridized carbons (Fsp3) is 0.600. The molecule has 1 saturated heterocycles. The lowest BCUT2D eigenvalue weighted by atomic mass is 9.96. The van der Waals surface area contributed by atoms with E-state index in [1.807, 2.05) is 0 Å². The van der Waals surface area contributed by atoms with Crippen molar-refractivity contribution in [2.75, 3.05) is 38.0 Å². The lowest BCUT2D eigenvalue weighted by Crippen LogP contribution is -2.38. The summed E-state index contributed by atoms with van der Waals surface area (Å²) in [4.78, 5) is 2.47. The second kappa shape index (κ2) is 7.27. The number of benzene rings is 1. The molecule has 0 saturated carbocycles. The Balaban J connectivity index is 1.77. The van der Waals surface area contributed by atoms with Gasteiger partial charge in [0.25, 0.3) is 0 Å². The third-order valence-electron chi connectivity index (χ3n) is 3.92. The molecule has 0 atom stereocenters. The minimum absolute atomic E-state index is 0.779. The summed E-state index contributed by atoms with van der Waals surface area (Å²) in [5.41, 5.74) is 8.16. The van der Waals surface area contributed by atoms with Gasteiger partial charge in [0, 0.05) is 29.8 Å². The second-order valence-electron chi connectivity index (χ2n) is 5.41. The van der Waals surface area contributed by atoms with Gasteiger partial charge in [-0.2, -0.15) is 0 Å². The average molecular weight is 326 g/mol. The zero-order chi connectivity index (χ0) is 13.7. The molecule has 3 nitrogen and oxygen atoms in total. The van der Waals surface area contributed by atoms with Crippen LogP contribution in [-0.4, -0.2) is 37.6 Å². The smallest absolute Gasteiger partial charge is 0.0370 e. The molecular weight excluding hydrogens is 302 g/mol. The number of hydrogen-bond acceptors (Lipinski definition) is 3. The van der Waals surface area contributed by atoms with E-state index in [2.05, 4.69) is 51.3 Å². The van der Waals surface area contributed by atoms with Gasteiger partial charge in [-0.05, 0) is 62.5 Å². The number of nitrogens with two attached hydrogens (primary N) is 1. The van der Waals surface area contributed by atoms with Crippen molar-refractivity contribution in [3.8, 4) is 0 Å². The van der Waals surface area contributed by atoms with Gasteiger partial charge >= 0.3 is 0 Å². The Morgan fingerprint density at radius 2 is 2.11 bits per heavy atom. The van der Waals surface area contributed by atoms with Gasteiger partial charge in [-0.25, -0.2) is 0 Å². The summed E-state index contributed by atoms with van der Waals surface area (Å²) in [5, 5.41) is 3.59. The van der Waals surface area contributed by atoms with E-state index in [1.54, 1.807) is 0 Å². The molecule has 1 heterocycles. The first-order valence-corrected chi connectivity index (χ1v) is 7.91. The number of halogens is 1. The van der Waals surface area contributed by atoms with E-state index in [9.17, 15) is 0 Å². The van der Waals surface area contributed by atoms with E-state index < -0.39 is 0 Å². The molecule has 2 rings (SSSR count). The van der Waals surface area contributed by atoms with Crippen molar-refractivity contribution in [2.45, 2.75) is 19.8 Å². The van der Waals surface area contributed by atoms with Gasteiger partial charge in [0.15, 0.2) is 0 Å². The van der Waals surface area contributed by atoms with E-state index in [0.717, 1.165) is 30.0 Å². The summed E-state index contributed by atoms with van der Waals surface area (Å²) in [6.45, 7) is 7.45. The summed E-state index contributed by atoms with van der Waals surface area (Å²) in [6.07, 6.45) is 2.56. The summed E-state index contributed by atoms with van der Waals surface area (Å²) in [5.74, 6) is 0.789. The predicted molar refractivity (Wildman–Crippen MR) is 85.6 cm³/mol. The Morgan fingerprint density at radius 3 is 2.74 bits per heavy atom. The highest BCUT2D eigenvalue weighted by Crippen LogP contribution is 2.22. The monoisotopic (exact) mass is 325 g/mol. The number of aryl methyl sites for hydroxylation is 1. The molecule has 0 amide bonds. The minimum Gasteiger partial charge on any atom is -0.385 e. The minimum atomic E-state index is 0.779. The maximum absolute atomic E-state index is 5.60. The average Bonchev–Trinajstić information content (AvgIpc) is 2.40. The number of rotatable bonds is 5. The van der Waals surface area contributed by atoms with Crippen molar-refractivity contribution in [1.82, 2.24) is 4.90 Å². The number of piperidine rings is 1. The van der Waals surface area contributed by atoms with Gasteiger partial charge < -0.3 is 16.0 Å². The Kier molecular flexibility index (Phi) is 5.67. The highest BCUT2D eigenvalue weighted by molar-refractivity contribution is 9.10. The predicted octanol–water partition coefficient (Wildman–Crippen LogP) is 2.84. The van der Waals surface area contributed by atoms with Crippen LogP contribution in [0.1, 0.15) is 18.4 Å². The van der Waals surface area contributed by atoms with Crippen LogP contribution in [0.4, 0.5) is 5.69 Å². The first kappa shape index (κ1) is 14.8. The molecule has 1 aromatic carbocycles. The second-order valence-corrected chi connectivity index (χ2v) is 6.33. The zero-order valence-corrected chi connectivity index (χ0v) is 13.2. The Labute approximate surface area is 124 Å². The molecule has 3 N–H and O–H groups in total. The third-order valence-corrected chi connectivity index (χ3v) is 4.42. The van der Waals surface area contributed by atoms with Crippen LogP contribution in [0.25, 0.3) is 0 Å². The van der Waals surface area contributed by atoms with Gasteiger partial charge in [-0.15, -0.1) is 0 Å². The maximum atomic E-state index is 5.60.